The highest BCUT2D eigenvalue weighted by Gasteiger charge is 2.57. The van der Waals surface area contributed by atoms with Crippen LogP contribution in [0, 0.1) is 5.41 Å². The molecule has 2 fully saturated rings. The van der Waals surface area contributed by atoms with E-state index in [1.54, 1.807) is 30.3 Å². The fourth-order valence-corrected chi connectivity index (χ4v) is 6.37. The Morgan fingerprint density at radius 3 is 2.18 bits per heavy atom. The SMILES string of the molecule is CC1(C)C2Cc3c(O)cccc3[C@]1(C)CCN2C(=O)c1ccc(C(=O)N2CCCCC2)cc1. The topological polar surface area (TPSA) is 60.9 Å². The molecule has 174 valence electrons. The van der Waals surface area contributed by atoms with Gasteiger partial charge in [-0.1, -0.05) is 32.9 Å². The summed E-state index contributed by atoms with van der Waals surface area (Å²) in [7, 11) is 0. The maximum atomic E-state index is 13.6. The Morgan fingerprint density at radius 1 is 0.879 bits per heavy atom. The van der Waals surface area contributed by atoms with E-state index in [-0.39, 0.29) is 28.7 Å². The molecule has 3 aliphatic rings. The summed E-state index contributed by atoms with van der Waals surface area (Å²) in [5, 5.41) is 10.6. The van der Waals surface area contributed by atoms with Gasteiger partial charge in [0.2, 0.25) is 0 Å². The Morgan fingerprint density at radius 2 is 1.52 bits per heavy atom. The van der Waals surface area contributed by atoms with Crippen LogP contribution in [0.15, 0.2) is 42.5 Å². The summed E-state index contributed by atoms with van der Waals surface area (Å²) < 4.78 is 0. The van der Waals surface area contributed by atoms with Crippen molar-refractivity contribution in [1.82, 2.24) is 9.80 Å². The van der Waals surface area contributed by atoms with Crippen LogP contribution in [0.4, 0.5) is 0 Å². The zero-order valence-corrected chi connectivity index (χ0v) is 19.9. The summed E-state index contributed by atoms with van der Waals surface area (Å²) in [6, 6.07) is 13.0. The van der Waals surface area contributed by atoms with Gasteiger partial charge in [-0.2, -0.15) is 0 Å². The van der Waals surface area contributed by atoms with E-state index in [1.807, 2.05) is 15.9 Å². The number of likely N-dealkylation sites (tertiary alicyclic amines) is 2. The molecule has 0 saturated carbocycles. The molecule has 2 saturated heterocycles. The van der Waals surface area contributed by atoms with Crippen LogP contribution in [0.3, 0.4) is 0 Å². The van der Waals surface area contributed by atoms with Gasteiger partial charge in [0, 0.05) is 42.2 Å². The molecule has 5 heteroatoms. The summed E-state index contributed by atoms with van der Waals surface area (Å²) in [4.78, 5) is 30.4. The van der Waals surface area contributed by atoms with Gasteiger partial charge in [-0.25, -0.2) is 0 Å². The average molecular weight is 447 g/mol. The van der Waals surface area contributed by atoms with E-state index in [0.717, 1.165) is 37.9 Å². The number of amides is 2. The quantitative estimate of drug-likeness (QED) is 0.723. The standard InChI is InChI=1S/C28H34N2O3/c1-27(2)24-18-21-22(8-7-9-23(21)31)28(27,3)14-17-30(24)26(33)20-12-10-19(11-13-20)25(32)29-15-5-4-6-16-29/h7-13,24,31H,4-6,14-18H2,1-3H3/t24?,28-/m0/s1. The molecule has 5 nitrogen and oxygen atoms in total. The van der Waals surface area contributed by atoms with Crippen LogP contribution in [-0.2, 0) is 11.8 Å². The van der Waals surface area contributed by atoms with Crippen LogP contribution >= 0.6 is 0 Å². The van der Waals surface area contributed by atoms with Gasteiger partial charge in [0.1, 0.15) is 5.75 Å². The highest BCUT2D eigenvalue weighted by Crippen LogP contribution is 2.57. The van der Waals surface area contributed by atoms with Gasteiger partial charge in [-0.15, -0.1) is 0 Å². The smallest absolute Gasteiger partial charge is 0.254 e. The first-order valence-corrected chi connectivity index (χ1v) is 12.3. The summed E-state index contributed by atoms with van der Waals surface area (Å²) in [5.74, 6) is 0.392. The molecule has 2 heterocycles. The number of aromatic hydroxyl groups is 1. The van der Waals surface area contributed by atoms with E-state index in [0.29, 0.717) is 29.8 Å². The number of rotatable bonds is 2. The van der Waals surface area contributed by atoms with Gasteiger partial charge in [0.15, 0.2) is 0 Å². The molecule has 33 heavy (non-hydrogen) atoms. The number of phenolic OH excluding ortho intramolecular Hbond substituents is 1. The monoisotopic (exact) mass is 446 g/mol. The van der Waals surface area contributed by atoms with Crippen LogP contribution in [0.2, 0.25) is 0 Å². The number of piperidine rings is 2. The molecule has 0 spiro atoms. The van der Waals surface area contributed by atoms with Gasteiger partial charge in [0.05, 0.1) is 0 Å². The van der Waals surface area contributed by atoms with Crippen LogP contribution < -0.4 is 0 Å². The molecule has 5 rings (SSSR count). The average Bonchev–Trinajstić information content (AvgIpc) is 2.82. The maximum absolute atomic E-state index is 13.6. The van der Waals surface area contributed by atoms with Crippen molar-refractivity contribution in [2.24, 2.45) is 5.41 Å². The van der Waals surface area contributed by atoms with Crippen molar-refractivity contribution in [3.63, 3.8) is 0 Å². The number of hydrogen-bond acceptors (Lipinski definition) is 3. The lowest BCUT2D eigenvalue weighted by Gasteiger charge is -2.60. The highest BCUT2D eigenvalue weighted by atomic mass is 16.3. The Kier molecular flexibility index (Phi) is 5.26. The first-order chi connectivity index (χ1) is 15.7. The molecule has 2 aromatic carbocycles. The number of fused-ring (bicyclic) bond motifs is 4. The zero-order valence-electron chi connectivity index (χ0n) is 19.9. The summed E-state index contributed by atoms with van der Waals surface area (Å²) in [6.45, 7) is 9.11. The van der Waals surface area contributed by atoms with E-state index in [1.165, 1.54) is 12.0 Å². The lowest BCUT2D eigenvalue weighted by atomic mass is 9.51. The molecule has 2 atom stereocenters. The molecule has 2 aromatic rings. The summed E-state index contributed by atoms with van der Waals surface area (Å²) in [5.41, 5.74) is 3.22. The third kappa shape index (κ3) is 3.35. The number of phenols is 1. The molecule has 1 unspecified atom stereocenters. The Balaban J connectivity index is 1.41. The fraction of sp³-hybridized carbons (Fsp3) is 0.500. The van der Waals surface area contributed by atoms with Crippen molar-refractivity contribution in [2.45, 2.75) is 64.3 Å². The largest absolute Gasteiger partial charge is 0.508 e. The van der Waals surface area contributed by atoms with Gasteiger partial charge < -0.3 is 14.9 Å². The summed E-state index contributed by atoms with van der Waals surface area (Å²) in [6.07, 6.45) is 4.82. The van der Waals surface area contributed by atoms with Gasteiger partial charge in [-0.05, 0) is 79.0 Å². The minimum Gasteiger partial charge on any atom is -0.508 e. The third-order valence-corrected chi connectivity index (χ3v) is 8.91. The minimum absolute atomic E-state index is 0.000733. The normalized spacial score (nSPS) is 26.0. The van der Waals surface area contributed by atoms with Crippen molar-refractivity contribution >= 4 is 11.8 Å². The first kappa shape index (κ1) is 22.0. The van der Waals surface area contributed by atoms with Gasteiger partial charge in [-0.3, -0.25) is 9.59 Å². The second-order valence-electron chi connectivity index (χ2n) is 10.8. The lowest BCUT2D eigenvalue weighted by molar-refractivity contribution is -0.0266. The Bertz CT molecular complexity index is 1080. The molecule has 0 radical (unpaired) electrons. The molecule has 0 aromatic heterocycles. The number of hydrogen-bond donors (Lipinski definition) is 1. The number of carbonyl (C=O) groups excluding carboxylic acids is 2. The van der Waals surface area contributed by atoms with Crippen molar-refractivity contribution < 1.29 is 14.7 Å². The fourth-order valence-electron chi connectivity index (χ4n) is 6.37. The van der Waals surface area contributed by atoms with E-state index >= 15 is 0 Å². The van der Waals surface area contributed by atoms with Crippen molar-refractivity contribution in [1.29, 1.82) is 0 Å². The highest BCUT2D eigenvalue weighted by molar-refractivity contribution is 5.98. The lowest BCUT2D eigenvalue weighted by Crippen LogP contribution is -2.64. The zero-order chi connectivity index (χ0) is 23.4. The van der Waals surface area contributed by atoms with E-state index < -0.39 is 0 Å². The predicted molar refractivity (Wildman–Crippen MR) is 129 cm³/mol. The van der Waals surface area contributed by atoms with Crippen molar-refractivity contribution in [2.75, 3.05) is 19.6 Å². The molecule has 2 bridgehead atoms. The Labute approximate surface area is 196 Å². The van der Waals surface area contributed by atoms with Crippen LogP contribution in [-0.4, -0.2) is 52.4 Å². The van der Waals surface area contributed by atoms with E-state index in [2.05, 4.69) is 26.8 Å². The number of nitrogens with zero attached hydrogens (tertiary/aromatic N) is 2. The second kappa shape index (κ2) is 7.89. The Hall–Kier alpha value is -2.82. The molecule has 1 N–H and O–H groups in total. The molecular weight excluding hydrogens is 412 g/mol. The maximum Gasteiger partial charge on any atom is 0.254 e. The van der Waals surface area contributed by atoms with Crippen LogP contribution in [0.5, 0.6) is 5.75 Å². The summed E-state index contributed by atoms with van der Waals surface area (Å²) >= 11 is 0. The van der Waals surface area contributed by atoms with Gasteiger partial charge in [0.25, 0.3) is 11.8 Å². The molecule has 2 amide bonds. The number of carbonyl (C=O) groups is 2. The van der Waals surface area contributed by atoms with Gasteiger partial charge >= 0.3 is 0 Å². The second-order valence-corrected chi connectivity index (χ2v) is 10.8. The number of benzene rings is 2. The van der Waals surface area contributed by atoms with Crippen molar-refractivity contribution in [3.8, 4) is 5.75 Å². The van der Waals surface area contributed by atoms with Crippen LogP contribution in [0.25, 0.3) is 0 Å². The first-order valence-electron chi connectivity index (χ1n) is 12.3. The minimum atomic E-state index is -0.133. The van der Waals surface area contributed by atoms with E-state index in [4.69, 9.17) is 0 Å². The molecular formula is C28H34N2O3. The molecule has 2 aliphatic heterocycles. The predicted octanol–water partition coefficient (Wildman–Crippen LogP) is 4.77. The third-order valence-electron chi connectivity index (χ3n) is 8.91. The van der Waals surface area contributed by atoms with Crippen molar-refractivity contribution in [3.05, 3.63) is 64.7 Å². The van der Waals surface area contributed by atoms with E-state index in [9.17, 15) is 14.7 Å². The molecule has 1 aliphatic carbocycles. The van der Waals surface area contributed by atoms with Crippen LogP contribution in [0.1, 0.15) is 78.3 Å².